The number of carbonyl (C=O) groups is 1. The maximum atomic E-state index is 11.9. The summed E-state index contributed by atoms with van der Waals surface area (Å²) < 4.78 is 10.8. The minimum absolute atomic E-state index is 0.0126. The van der Waals surface area contributed by atoms with E-state index in [-0.39, 0.29) is 5.91 Å². The van der Waals surface area contributed by atoms with Crippen LogP contribution in [0.25, 0.3) is 0 Å². The molecule has 8 heteroatoms. The summed E-state index contributed by atoms with van der Waals surface area (Å²) >= 11 is 1.45. The fourth-order valence-electron chi connectivity index (χ4n) is 3.38. The summed E-state index contributed by atoms with van der Waals surface area (Å²) in [6.07, 6.45) is 1.75. The summed E-state index contributed by atoms with van der Waals surface area (Å²) in [5, 5.41) is 8.25. The van der Waals surface area contributed by atoms with E-state index in [1.165, 1.54) is 22.5 Å². The van der Waals surface area contributed by atoms with E-state index in [0.29, 0.717) is 6.54 Å². The van der Waals surface area contributed by atoms with Crippen molar-refractivity contribution in [2.24, 2.45) is 4.99 Å². The zero-order valence-electron chi connectivity index (χ0n) is 17.2. The zero-order valence-corrected chi connectivity index (χ0v) is 18.0. The number of guanidine groups is 1. The molecule has 156 valence electrons. The van der Waals surface area contributed by atoms with Crippen LogP contribution < -0.4 is 20.1 Å². The highest BCUT2D eigenvalue weighted by Gasteiger charge is 2.21. The molecule has 1 aromatic heterocycles. The number of rotatable bonds is 7. The second-order valence-electron chi connectivity index (χ2n) is 6.71. The first-order chi connectivity index (χ1) is 14.2. The van der Waals surface area contributed by atoms with Crippen LogP contribution in [-0.4, -0.2) is 57.7 Å². The molecule has 1 aliphatic rings. The third-order valence-electron chi connectivity index (χ3n) is 4.90. The van der Waals surface area contributed by atoms with Gasteiger partial charge in [0.2, 0.25) is 0 Å². The molecule has 0 radical (unpaired) electrons. The topological polar surface area (TPSA) is 75.2 Å². The number of fused-ring (bicyclic) bond motifs is 1. The first kappa shape index (κ1) is 21.0. The van der Waals surface area contributed by atoms with Gasteiger partial charge in [0, 0.05) is 33.2 Å². The molecule has 2 aromatic rings. The van der Waals surface area contributed by atoms with E-state index in [2.05, 4.69) is 26.6 Å². The van der Waals surface area contributed by atoms with Crippen molar-refractivity contribution in [2.75, 3.05) is 40.9 Å². The summed E-state index contributed by atoms with van der Waals surface area (Å²) in [4.78, 5) is 19.4. The Bertz CT molecular complexity index is 852. The predicted molar refractivity (Wildman–Crippen MR) is 116 cm³/mol. The van der Waals surface area contributed by atoms with Crippen molar-refractivity contribution < 1.29 is 14.3 Å². The Labute approximate surface area is 175 Å². The number of hydrogen-bond acceptors (Lipinski definition) is 5. The lowest BCUT2D eigenvalue weighted by Crippen LogP contribution is -2.44. The Hall–Kier alpha value is -2.74. The SMILES string of the molecule is CN=C(NCCCNC(=O)c1cccs1)N1CCc2cc(OC)c(OC)cc2C1. The van der Waals surface area contributed by atoms with Gasteiger partial charge in [-0.2, -0.15) is 0 Å². The van der Waals surface area contributed by atoms with Crippen LogP contribution in [0.1, 0.15) is 27.2 Å². The van der Waals surface area contributed by atoms with Crippen LogP contribution in [0.5, 0.6) is 11.5 Å². The van der Waals surface area contributed by atoms with Gasteiger partial charge < -0.3 is 25.0 Å². The minimum Gasteiger partial charge on any atom is -0.493 e. The minimum atomic E-state index is -0.0126. The second kappa shape index (κ2) is 10.2. The first-order valence-electron chi connectivity index (χ1n) is 9.67. The summed E-state index contributed by atoms with van der Waals surface area (Å²) in [7, 11) is 5.11. The Morgan fingerprint density at radius 3 is 2.55 bits per heavy atom. The summed E-state index contributed by atoms with van der Waals surface area (Å²) in [5.74, 6) is 2.38. The smallest absolute Gasteiger partial charge is 0.261 e. The Morgan fingerprint density at radius 1 is 1.17 bits per heavy atom. The maximum Gasteiger partial charge on any atom is 0.261 e. The fourth-order valence-corrected chi connectivity index (χ4v) is 4.02. The Balaban J connectivity index is 1.49. The van der Waals surface area contributed by atoms with Gasteiger partial charge in [-0.3, -0.25) is 9.79 Å². The molecule has 7 nitrogen and oxygen atoms in total. The van der Waals surface area contributed by atoms with Crippen LogP contribution in [0.2, 0.25) is 0 Å². The quantitative estimate of drug-likeness (QED) is 0.412. The number of thiophene rings is 1. The van der Waals surface area contributed by atoms with Crippen LogP contribution >= 0.6 is 11.3 Å². The van der Waals surface area contributed by atoms with E-state index in [0.717, 1.165) is 54.8 Å². The number of nitrogens with zero attached hydrogens (tertiary/aromatic N) is 2. The highest BCUT2D eigenvalue weighted by Crippen LogP contribution is 2.33. The Morgan fingerprint density at radius 2 is 1.90 bits per heavy atom. The van der Waals surface area contributed by atoms with Crippen LogP contribution in [0, 0.1) is 0 Å². The number of carbonyl (C=O) groups excluding carboxylic acids is 1. The molecule has 0 saturated heterocycles. The lowest BCUT2D eigenvalue weighted by molar-refractivity contribution is 0.0957. The van der Waals surface area contributed by atoms with Crippen molar-refractivity contribution >= 4 is 23.2 Å². The van der Waals surface area contributed by atoms with Crippen LogP contribution in [0.4, 0.5) is 0 Å². The molecule has 0 atom stereocenters. The van der Waals surface area contributed by atoms with E-state index < -0.39 is 0 Å². The second-order valence-corrected chi connectivity index (χ2v) is 7.66. The van der Waals surface area contributed by atoms with Crippen LogP contribution in [0.3, 0.4) is 0 Å². The molecule has 0 unspecified atom stereocenters. The van der Waals surface area contributed by atoms with Gasteiger partial charge in [0.15, 0.2) is 17.5 Å². The highest BCUT2D eigenvalue weighted by molar-refractivity contribution is 7.12. The molecule has 1 amide bonds. The third-order valence-corrected chi connectivity index (χ3v) is 5.77. The molecule has 1 aliphatic heterocycles. The lowest BCUT2D eigenvalue weighted by Gasteiger charge is -2.32. The van der Waals surface area contributed by atoms with E-state index in [9.17, 15) is 4.79 Å². The van der Waals surface area contributed by atoms with Crippen molar-refractivity contribution in [3.63, 3.8) is 0 Å². The molecule has 0 aliphatic carbocycles. The molecule has 0 saturated carbocycles. The number of methoxy groups -OCH3 is 2. The number of aliphatic imine (C=N–C) groups is 1. The molecular formula is C21H28N4O3S. The largest absolute Gasteiger partial charge is 0.493 e. The molecule has 0 fully saturated rings. The van der Waals surface area contributed by atoms with Gasteiger partial charge in [0.05, 0.1) is 19.1 Å². The van der Waals surface area contributed by atoms with E-state index >= 15 is 0 Å². The van der Waals surface area contributed by atoms with Gasteiger partial charge in [-0.25, -0.2) is 0 Å². The molecule has 2 N–H and O–H groups in total. The van der Waals surface area contributed by atoms with E-state index in [1.807, 2.05) is 23.6 Å². The monoisotopic (exact) mass is 416 g/mol. The van der Waals surface area contributed by atoms with Gasteiger partial charge in [0.1, 0.15) is 0 Å². The van der Waals surface area contributed by atoms with Gasteiger partial charge >= 0.3 is 0 Å². The average Bonchev–Trinajstić information content (AvgIpc) is 3.29. The molecule has 29 heavy (non-hydrogen) atoms. The number of nitrogens with one attached hydrogen (secondary N) is 2. The fraction of sp³-hybridized carbons (Fsp3) is 0.429. The van der Waals surface area contributed by atoms with Crippen molar-refractivity contribution in [3.05, 3.63) is 45.6 Å². The number of benzene rings is 1. The molecular weight excluding hydrogens is 388 g/mol. The van der Waals surface area contributed by atoms with Gasteiger partial charge in [-0.1, -0.05) is 6.07 Å². The molecule has 0 spiro atoms. The lowest BCUT2D eigenvalue weighted by atomic mass is 9.99. The van der Waals surface area contributed by atoms with Crippen LogP contribution in [0.15, 0.2) is 34.6 Å². The van der Waals surface area contributed by atoms with Crippen molar-refractivity contribution in [1.29, 1.82) is 0 Å². The standard InChI is InChI=1S/C21H28N4O3S/c1-22-21(24-9-5-8-23-20(26)19-6-4-11-29-19)25-10-7-15-12-17(27-2)18(28-3)13-16(15)14-25/h4,6,11-13H,5,7-10,14H2,1-3H3,(H,22,24)(H,23,26). The normalized spacial score (nSPS) is 13.6. The number of amides is 1. The predicted octanol–water partition coefficient (Wildman–Crippen LogP) is 2.52. The molecule has 1 aromatic carbocycles. The maximum absolute atomic E-state index is 11.9. The van der Waals surface area contributed by atoms with Crippen LogP contribution in [-0.2, 0) is 13.0 Å². The van der Waals surface area contributed by atoms with Gasteiger partial charge in [-0.15, -0.1) is 11.3 Å². The third kappa shape index (κ3) is 5.20. The summed E-state index contributed by atoms with van der Waals surface area (Å²) in [6, 6.07) is 7.83. The molecule has 0 bridgehead atoms. The Kier molecular flexibility index (Phi) is 7.35. The molecule has 2 heterocycles. The number of ether oxygens (including phenoxy) is 2. The van der Waals surface area contributed by atoms with Crippen molar-refractivity contribution in [1.82, 2.24) is 15.5 Å². The first-order valence-corrected chi connectivity index (χ1v) is 10.5. The van der Waals surface area contributed by atoms with Crippen molar-refractivity contribution in [2.45, 2.75) is 19.4 Å². The van der Waals surface area contributed by atoms with Crippen molar-refractivity contribution in [3.8, 4) is 11.5 Å². The van der Waals surface area contributed by atoms with Gasteiger partial charge in [0.25, 0.3) is 5.91 Å². The number of hydrogen-bond donors (Lipinski definition) is 2. The molecule has 3 rings (SSSR count). The van der Waals surface area contributed by atoms with E-state index in [4.69, 9.17) is 9.47 Å². The zero-order chi connectivity index (χ0) is 20.6. The van der Waals surface area contributed by atoms with E-state index in [1.54, 1.807) is 21.3 Å². The summed E-state index contributed by atoms with van der Waals surface area (Å²) in [6.45, 7) is 3.02. The highest BCUT2D eigenvalue weighted by atomic mass is 32.1. The van der Waals surface area contributed by atoms with Gasteiger partial charge in [-0.05, 0) is 47.5 Å². The summed E-state index contributed by atoms with van der Waals surface area (Å²) in [5.41, 5.74) is 2.51. The average molecular weight is 417 g/mol.